The Kier molecular flexibility index (Phi) is 14.0. The SMILES string of the molecule is CC(=O)NC(/C=N\OCc1ccccc1)C(O[Si](C)(C)C)C(O[Si](C)(C)C)C(CO[Si](C)(C)C)O[Si](C)(C)C. The molecule has 0 aliphatic carbocycles. The van der Waals surface area contributed by atoms with Gasteiger partial charge in [-0.1, -0.05) is 35.5 Å². The standard InChI is InChI=1S/C27H54N2O6Si4/c1-22(30)29-24(19-28-31-20-23-17-15-14-16-18-23)26(34-38(8,9)10)27(35-39(11,12)13)25(33-37(5,6)7)21-32-36(2,3)4/h14-19,24-27H,20-21H2,1-13H3,(H,29,30)/b28-19-. The highest BCUT2D eigenvalue weighted by Crippen LogP contribution is 2.26. The van der Waals surface area contributed by atoms with Crippen LogP contribution >= 0.6 is 0 Å². The molecule has 0 aliphatic heterocycles. The van der Waals surface area contributed by atoms with E-state index in [2.05, 4.69) is 89.0 Å². The van der Waals surface area contributed by atoms with Crippen molar-refractivity contribution in [3.05, 3.63) is 35.9 Å². The van der Waals surface area contributed by atoms with Gasteiger partial charge in [0.25, 0.3) is 0 Å². The van der Waals surface area contributed by atoms with Crippen molar-refractivity contribution in [1.82, 2.24) is 5.32 Å². The normalized spacial score (nSPS) is 16.5. The number of hydrogen-bond donors (Lipinski definition) is 1. The largest absolute Gasteiger partial charge is 0.415 e. The molecule has 1 aromatic rings. The number of benzene rings is 1. The number of carbonyl (C=O) groups excluding carboxylic acids is 1. The predicted octanol–water partition coefficient (Wildman–Crippen LogP) is 6.21. The number of nitrogens with one attached hydrogen (secondary N) is 1. The summed E-state index contributed by atoms with van der Waals surface area (Å²) in [5.41, 5.74) is 1.01. The smallest absolute Gasteiger partial charge is 0.217 e. The van der Waals surface area contributed by atoms with Gasteiger partial charge in [-0.15, -0.1) is 0 Å². The van der Waals surface area contributed by atoms with E-state index in [0.29, 0.717) is 13.2 Å². The van der Waals surface area contributed by atoms with Crippen LogP contribution in [-0.4, -0.2) is 76.4 Å². The zero-order valence-electron chi connectivity index (χ0n) is 26.6. The molecule has 1 N–H and O–H groups in total. The minimum atomic E-state index is -2.13. The van der Waals surface area contributed by atoms with Crippen LogP contribution in [0.2, 0.25) is 78.6 Å². The first kappa shape index (κ1) is 35.9. The van der Waals surface area contributed by atoms with E-state index in [1.54, 1.807) is 6.21 Å². The molecule has 1 amide bonds. The third-order valence-corrected chi connectivity index (χ3v) is 8.95. The lowest BCUT2D eigenvalue weighted by atomic mass is 10.0. The highest BCUT2D eigenvalue weighted by Gasteiger charge is 2.43. The number of hydrogen-bond acceptors (Lipinski definition) is 7. The maximum atomic E-state index is 12.4. The van der Waals surface area contributed by atoms with Gasteiger partial charge in [-0.25, -0.2) is 0 Å². The lowest BCUT2D eigenvalue weighted by Crippen LogP contribution is -2.61. The Morgan fingerprint density at radius 1 is 0.795 bits per heavy atom. The van der Waals surface area contributed by atoms with E-state index in [0.717, 1.165) is 5.56 Å². The number of amides is 1. The lowest BCUT2D eigenvalue weighted by Gasteiger charge is -2.44. The Morgan fingerprint density at radius 2 is 1.31 bits per heavy atom. The van der Waals surface area contributed by atoms with Gasteiger partial charge in [0, 0.05) is 6.92 Å². The Morgan fingerprint density at radius 3 is 1.77 bits per heavy atom. The monoisotopic (exact) mass is 614 g/mol. The molecule has 0 aliphatic rings. The average Bonchev–Trinajstić information content (AvgIpc) is 2.73. The summed E-state index contributed by atoms with van der Waals surface area (Å²) in [5.74, 6) is -0.188. The highest BCUT2D eigenvalue weighted by atomic mass is 28.4. The molecular formula is C27H54N2O6Si4. The van der Waals surface area contributed by atoms with Crippen molar-refractivity contribution in [3.8, 4) is 0 Å². The Labute approximate surface area is 241 Å². The molecule has 8 nitrogen and oxygen atoms in total. The molecule has 0 fully saturated rings. The quantitative estimate of drug-likeness (QED) is 0.128. The van der Waals surface area contributed by atoms with E-state index in [1.807, 2.05) is 30.3 Å². The first-order chi connectivity index (χ1) is 17.7. The van der Waals surface area contributed by atoms with Gasteiger partial charge in [0.2, 0.25) is 5.91 Å². The maximum Gasteiger partial charge on any atom is 0.217 e. The fourth-order valence-corrected chi connectivity index (χ4v) is 7.71. The molecule has 4 atom stereocenters. The van der Waals surface area contributed by atoms with E-state index < -0.39 is 51.5 Å². The van der Waals surface area contributed by atoms with Crippen LogP contribution in [0.3, 0.4) is 0 Å². The highest BCUT2D eigenvalue weighted by molar-refractivity contribution is 6.71. The molecule has 0 aromatic heterocycles. The van der Waals surface area contributed by atoms with Crippen LogP contribution in [0.4, 0.5) is 0 Å². The second kappa shape index (κ2) is 15.2. The summed E-state index contributed by atoms with van der Waals surface area (Å²) in [5, 5.41) is 7.31. The Bertz CT molecular complexity index is 893. The van der Waals surface area contributed by atoms with E-state index in [4.69, 9.17) is 22.5 Å². The minimum Gasteiger partial charge on any atom is -0.415 e. The number of oxime groups is 1. The topological polar surface area (TPSA) is 87.6 Å². The zero-order valence-corrected chi connectivity index (χ0v) is 30.6. The molecule has 0 saturated heterocycles. The van der Waals surface area contributed by atoms with Crippen molar-refractivity contribution in [1.29, 1.82) is 0 Å². The van der Waals surface area contributed by atoms with Gasteiger partial charge in [0.1, 0.15) is 6.61 Å². The Hall–Kier alpha value is -1.13. The number of rotatable bonds is 17. The zero-order chi connectivity index (χ0) is 30.1. The fraction of sp³-hybridized carbons (Fsp3) is 0.704. The van der Waals surface area contributed by atoms with Gasteiger partial charge in [0.15, 0.2) is 33.3 Å². The van der Waals surface area contributed by atoms with Gasteiger partial charge < -0.3 is 27.9 Å². The predicted molar refractivity (Wildman–Crippen MR) is 171 cm³/mol. The molecule has 39 heavy (non-hydrogen) atoms. The van der Waals surface area contributed by atoms with Gasteiger partial charge >= 0.3 is 0 Å². The molecular weight excluding hydrogens is 561 g/mol. The third-order valence-electron chi connectivity index (χ3n) is 4.95. The van der Waals surface area contributed by atoms with Gasteiger partial charge in [-0.3, -0.25) is 4.79 Å². The molecule has 0 radical (unpaired) electrons. The molecule has 0 heterocycles. The van der Waals surface area contributed by atoms with Crippen LogP contribution in [0.5, 0.6) is 0 Å². The van der Waals surface area contributed by atoms with Gasteiger partial charge in [-0.05, 0) is 84.1 Å². The van der Waals surface area contributed by atoms with Crippen molar-refractivity contribution in [2.75, 3.05) is 6.61 Å². The van der Waals surface area contributed by atoms with Crippen LogP contribution < -0.4 is 5.32 Å². The van der Waals surface area contributed by atoms with E-state index in [1.165, 1.54) is 6.92 Å². The van der Waals surface area contributed by atoms with Crippen LogP contribution in [0.25, 0.3) is 0 Å². The van der Waals surface area contributed by atoms with E-state index >= 15 is 0 Å². The summed E-state index contributed by atoms with van der Waals surface area (Å²) in [6, 6.07) is 9.24. The molecule has 0 spiro atoms. The summed E-state index contributed by atoms with van der Waals surface area (Å²) >= 11 is 0. The maximum absolute atomic E-state index is 12.4. The van der Waals surface area contributed by atoms with Crippen LogP contribution in [0.1, 0.15) is 12.5 Å². The molecule has 1 aromatic carbocycles. The van der Waals surface area contributed by atoms with Crippen LogP contribution in [0, 0.1) is 0 Å². The van der Waals surface area contributed by atoms with Crippen molar-refractivity contribution < 1.29 is 27.3 Å². The molecule has 1 rings (SSSR count). The second-order valence-corrected chi connectivity index (χ2v) is 31.7. The summed E-state index contributed by atoms with van der Waals surface area (Å²) in [4.78, 5) is 18.0. The van der Waals surface area contributed by atoms with Gasteiger partial charge in [-0.2, -0.15) is 0 Å². The number of carbonyl (C=O) groups is 1. The summed E-state index contributed by atoms with van der Waals surface area (Å²) in [6.45, 7) is 28.1. The second-order valence-electron chi connectivity index (χ2n) is 13.8. The van der Waals surface area contributed by atoms with E-state index in [-0.39, 0.29) is 12.0 Å². The molecule has 0 bridgehead atoms. The molecule has 4 unspecified atom stereocenters. The number of nitrogens with zero attached hydrogens (tertiary/aromatic N) is 1. The fourth-order valence-electron chi connectivity index (χ4n) is 3.73. The van der Waals surface area contributed by atoms with Crippen LogP contribution in [0.15, 0.2) is 35.5 Å². The summed E-state index contributed by atoms with van der Waals surface area (Å²) < 4.78 is 26.8. The first-order valence-electron chi connectivity index (χ1n) is 13.8. The summed E-state index contributed by atoms with van der Waals surface area (Å²) in [7, 11) is -8.10. The first-order valence-corrected chi connectivity index (χ1v) is 27.4. The van der Waals surface area contributed by atoms with Gasteiger partial charge in [0.05, 0.1) is 37.2 Å². The third kappa shape index (κ3) is 17.3. The van der Waals surface area contributed by atoms with E-state index in [9.17, 15) is 4.79 Å². The molecule has 224 valence electrons. The van der Waals surface area contributed by atoms with Crippen molar-refractivity contribution in [2.24, 2.45) is 5.16 Å². The molecule has 12 heteroatoms. The summed E-state index contributed by atoms with van der Waals surface area (Å²) in [6.07, 6.45) is 0.221. The van der Waals surface area contributed by atoms with Crippen LogP contribution in [-0.2, 0) is 33.9 Å². The molecule has 0 saturated carbocycles. The van der Waals surface area contributed by atoms with Crippen molar-refractivity contribution in [2.45, 2.75) is 116 Å². The minimum absolute atomic E-state index is 0.188. The van der Waals surface area contributed by atoms with Crippen molar-refractivity contribution >= 4 is 45.4 Å². The Balaban J connectivity index is 3.53. The van der Waals surface area contributed by atoms with Crippen molar-refractivity contribution in [3.63, 3.8) is 0 Å². The lowest BCUT2D eigenvalue weighted by molar-refractivity contribution is -0.120. The average molecular weight is 615 g/mol.